The fraction of sp³-hybridized carbons (Fsp3) is 0.500. The number of fused-ring (bicyclic) bond motifs is 1. The molecule has 2 N–H and O–H groups in total. The maximum Gasteiger partial charge on any atom is 0.165 e. The molecule has 1 aliphatic carbocycles. The topological polar surface area (TPSA) is 44.5 Å². The van der Waals surface area contributed by atoms with Crippen LogP contribution in [0.3, 0.4) is 0 Å². The van der Waals surface area contributed by atoms with Crippen molar-refractivity contribution < 1.29 is 9.47 Å². The van der Waals surface area contributed by atoms with Gasteiger partial charge in [-0.1, -0.05) is 11.6 Å². The molecule has 1 fully saturated rings. The lowest BCUT2D eigenvalue weighted by molar-refractivity contribution is 0.170. The second kappa shape index (κ2) is 3.28. The Kier molecular flexibility index (Phi) is 2.10. The minimum absolute atomic E-state index is 0.238. The van der Waals surface area contributed by atoms with Crippen molar-refractivity contribution in [1.82, 2.24) is 0 Å². The molecule has 1 heterocycles. The molecule has 0 spiro atoms. The van der Waals surface area contributed by atoms with Gasteiger partial charge in [0.15, 0.2) is 11.5 Å². The predicted molar refractivity (Wildman–Crippen MR) is 62.3 cm³/mol. The van der Waals surface area contributed by atoms with Crippen LogP contribution in [0.25, 0.3) is 0 Å². The lowest BCUT2D eigenvalue weighted by Crippen LogP contribution is -2.22. The normalized spacial score (nSPS) is 20.7. The first-order valence-corrected chi connectivity index (χ1v) is 5.88. The van der Waals surface area contributed by atoms with Crippen LogP contribution in [0.4, 0.5) is 0 Å². The van der Waals surface area contributed by atoms with E-state index in [9.17, 15) is 0 Å². The standard InChI is InChI=1S/C12H14ClNO2/c1-7-10(13)8(12(14)2-3-12)6-9-11(7)16-5-4-15-9/h6H,2-5,14H2,1H3. The van der Waals surface area contributed by atoms with Crippen LogP contribution in [-0.4, -0.2) is 13.2 Å². The molecule has 1 aromatic carbocycles. The van der Waals surface area contributed by atoms with Gasteiger partial charge in [0.25, 0.3) is 0 Å². The van der Waals surface area contributed by atoms with Crippen LogP contribution < -0.4 is 15.2 Å². The Balaban J connectivity index is 2.17. The van der Waals surface area contributed by atoms with Crippen LogP contribution >= 0.6 is 11.6 Å². The number of nitrogens with two attached hydrogens (primary N) is 1. The van der Waals surface area contributed by atoms with E-state index < -0.39 is 0 Å². The highest BCUT2D eigenvalue weighted by Gasteiger charge is 2.43. The number of rotatable bonds is 1. The van der Waals surface area contributed by atoms with Gasteiger partial charge in [-0.15, -0.1) is 0 Å². The van der Waals surface area contributed by atoms with E-state index >= 15 is 0 Å². The third-order valence-electron chi connectivity index (χ3n) is 3.32. The van der Waals surface area contributed by atoms with Crippen LogP contribution in [0.2, 0.25) is 5.02 Å². The third-order valence-corrected chi connectivity index (χ3v) is 3.80. The van der Waals surface area contributed by atoms with Gasteiger partial charge in [0, 0.05) is 11.1 Å². The first kappa shape index (κ1) is 10.2. The Morgan fingerprint density at radius 2 is 2.00 bits per heavy atom. The molecule has 3 rings (SSSR count). The molecule has 0 radical (unpaired) electrons. The lowest BCUT2D eigenvalue weighted by Gasteiger charge is -2.24. The number of ether oxygens (including phenoxy) is 2. The monoisotopic (exact) mass is 239 g/mol. The van der Waals surface area contributed by atoms with Crippen LogP contribution in [0.15, 0.2) is 6.07 Å². The van der Waals surface area contributed by atoms with E-state index in [2.05, 4.69) is 0 Å². The molecule has 86 valence electrons. The van der Waals surface area contributed by atoms with Crippen molar-refractivity contribution in [3.8, 4) is 11.5 Å². The van der Waals surface area contributed by atoms with Gasteiger partial charge >= 0.3 is 0 Å². The minimum atomic E-state index is -0.238. The molecule has 4 heteroatoms. The number of hydrogen-bond acceptors (Lipinski definition) is 3. The van der Waals surface area contributed by atoms with Crippen LogP contribution in [0.5, 0.6) is 11.5 Å². The van der Waals surface area contributed by atoms with Crippen molar-refractivity contribution in [1.29, 1.82) is 0 Å². The second-order valence-electron chi connectivity index (χ2n) is 4.54. The van der Waals surface area contributed by atoms with Crippen molar-refractivity contribution in [2.45, 2.75) is 25.3 Å². The van der Waals surface area contributed by atoms with Gasteiger partial charge in [-0.05, 0) is 31.4 Å². The number of halogens is 1. The van der Waals surface area contributed by atoms with Gasteiger partial charge in [0.1, 0.15) is 13.2 Å². The largest absolute Gasteiger partial charge is 0.486 e. The second-order valence-corrected chi connectivity index (χ2v) is 4.92. The van der Waals surface area contributed by atoms with Crippen molar-refractivity contribution >= 4 is 11.6 Å². The molecule has 1 aliphatic heterocycles. The van der Waals surface area contributed by atoms with E-state index in [1.165, 1.54) is 0 Å². The summed E-state index contributed by atoms with van der Waals surface area (Å²) < 4.78 is 11.2. The minimum Gasteiger partial charge on any atom is -0.486 e. The van der Waals surface area contributed by atoms with Gasteiger partial charge in [0.05, 0.1) is 5.02 Å². The molecule has 1 aromatic rings. The average molecular weight is 240 g/mol. The van der Waals surface area contributed by atoms with Crippen LogP contribution in [-0.2, 0) is 5.54 Å². The Hall–Kier alpha value is -0.930. The summed E-state index contributed by atoms with van der Waals surface area (Å²) in [5.41, 5.74) is 7.88. The van der Waals surface area contributed by atoms with E-state index in [-0.39, 0.29) is 5.54 Å². The Morgan fingerprint density at radius 3 is 2.69 bits per heavy atom. The summed E-state index contributed by atoms with van der Waals surface area (Å²) in [6.07, 6.45) is 1.98. The van der Waals surface area contributed by atoms with E-state index in [0.717, 1.165) is 40.5 Å². The summed E-state index contributed by atoms with van der Waals surface area (Å²) in [4.78, 5) is 0. The molecule has 2 aliphatic rings. The molecule has 0 atom stereocenters. The molecular formula is C12H14ClNO2. The van der Waals surface area contributed by atoms with E-state index in [1.54, 1.807) is 0 Å². The van der Waals surface area contributed by atoms with Crippen LogP contribution in [0, 0.1) is 6.92 Å². The van der Waals surface area contributed by atoms with Gasteiger partial charge in [0.2, 0.25) is 0 Å². The first-order chi connectivity index (χ1) is 7.62. The molecule has 0 unspecified atom stereocenters. The smallest absolute Gasteiger partial charge is 0.165 e. The molecule has 0 amide bonds. The SMILES string of the molecule is Cc1c(Cl)c(C2(N)CC2)cc2c1OCCO2. The predicted octanol–water partition coefficient (Wildman–Crippen LogP) is 2.37. The average Bonchev–Trinajstić information content (AvgIpc) is 3.03. The summed E-state index contributed by atoms with van der Waals surface area (Å²) >= 11 is 6.34. The molecule has 16 heavy (non-hydrogen) atoms. The highest BCUT2D eigenvalue weighted by molar-refractivity contribution is 6.32. The number of hydrogen-bond donors (Lipinski definition) is 1. The molecule has 0 aromatic heterocycles. The van der Waals surface area contributed by atoms with Crippen molar-refractivity contribution in [3.63, 3.8) is 0 Å². The summed E-state index contributed by atoms with van der Waals surface area (Å²) in [6.45, 7) is 3.12. The summed E-state index contributed by atoms with van der Waals surface area (Å²) in [5, 5.41) is 0.726. The van der Waals surface area contributed by atoms with Crippen molar-refractivity contribution in [3.05, 3.63) is 22.2 Å². The lowest BCUT2D eigenvalue weighted by atomic mass is 10.0. The quantitative estimate of drug-likeness (QED) is 0.818. The van der Waals surface area contributed by atoms with E-state index in [4.69, 9.17) is 26.8 Å². The summed E-state index contributed by atoms with van der Waals surface area (Å²) in [7, 11) is 0. The Labute approximate surface area is 99.5 Å². The third kappa shape index (κ3) is 1.39. The van der Waals surface area contributed by atoms with E-state index in [1.807, 2.05) is 13.0 Å². The molecule has 0 bridgehead atoms. The maximum atomic E-state index is 6.34. The first-order valence-electron chi connectivity index (χ1n) is 5.50. The fourth-order valence-electron chi connectivity index (χ4n) is 2.09. The zero-order valence-corrected chi connectivity index (χ0v) is 9.93. The van der Waals surface area contributed by atoms with Crippen molar-refractivity contribution in [2.24, 2.45) is 5.73 Å². The molecule has 3 nitrogen and oxygen atoms in total. The maximum absolute atomic E-state index is 6.34. The van der Waals surface area contributed by atoms with Gasteiger partial charge < -0.3 is 15.2 Å². The summed E-state index contributed by atoms with van der Waals surface area (Å²) in [6, 6.07) is 1.94. The Morgan fingerprint density at radius 1 is 1.31 bits per heavy atom. The summed E-state index contributed by atoms with van der Waals surface area (Å²) in [5.74, 6) is 1.55. The van der Waals surface area contributed by atoms with E-state index in [0.29, 0.717) is 13.2 Å². The zero-order chi connectivity index (χ0) is 11.3. The molecular weight excluding hydrogens is 226 g/mol. The number of benzene rings is 1. The van der Waals surface area contributed by atoms with Crippen molar-refractivity contribution in [2.75, 3.05) is 13.2 Å². The van der Waals surface area contributed by atoms with Gasteiger partial charge in [-0.2, -0.15) is 0 Å². The highest BCUT2D eigenvalue weighted by atomic mass is 35.5. The Bertz CT molecular complexity index is 455. The van der Waals surface area contributed by atoms with Gasteiger partial charge in [-0.3, -0.25) is 0 Å². The van der Waals surface area contributed by atoms with Gasteiger partial charge in [-0.25, -0.2) is 0 Å². The van der Waals surface area contributed by atoms with Crippen LogP contribution in [0.1, 0.15) is 24.0 Å². The molecule has 1 saturated carbocycles. The molecule has 0 saturated heterocycles. The zero-order valence-electron chi connectivity index (χ0n) is 9.18. The highest BCUT2D eigenvalue weighted by Crippen LogP contribution is 2.50. The fourth-order valence-corrected chi connectivity index (χ4v) is 2.42.